The van der Waals surface area contributed by atoms with Crippen LogP contribution in [0.5, 0.6) is 0 Å². The molecule has 0 radical (unpaired) electrons. The van der Waals surface area contributed by atoms with Gasteiger partial charge >= 0.3 is 5.97 Å². The number of hydrogen-bond acceptors (Lipinski definition) is 1. The van der Waals surface area contributed by atoms with Gasteiger partial charge < -0.3 is 5.11 Å². The number of fused-ring (bicyclic) bond motifs is 2. The maximum atomic E-state index is 10.7. The third-order valence-corrected chi connectivity index (χ3v) is 4.48. The topological polar surface area (TPSA) is 37.3 Å². The minimum Gasteiger partial charge on any atom is -0.481 e. The quantitative estimate of drug-likeness (QED) is 0.670. The van der Waals surface area contributed by atoms with Gasteiger partial charge in [-0.3, -0.25) is 4.79 Å². The molecule has 1 N–H and O–H groups in total. The van der Waals surface area contributed by atoms with E-state index >= 15 is 0 Å². The summed E-state index contributed by atoms with van der Waals surface area (Å²) in [6.45, 7) is 0. The highest BCUT2D eigenvalue weighted by Crippen LogP contribution is 2.52. The molecule has 0 heterocycles. The molecule has 0 aliphatic heterocycles. The van der Waals surface area contributed by atoms with Crippen LogP contribution in [-0.4, -0.2) is 21.8 Å². The van der Waals surface area contributed by atoms with Crippen molar-refractivity contribution >= 4 is 29.2 Å². The Balaban J connectivity index is 2.15. The largest absolute Gasteiger partial charge is 0.481 e. The summed E-state index contributed by atoms with van der Waals surface area (Å²) >= 11 is 12.0. The van der Waals surface area contributed by atoms with Gasteiger partial charge in [0.1, 0.15) is 0 Å². The molecule has 2 rings (SSSR count). The zero-order valence-electron chi connectivity index (χ0n) is 6.41. The van der Waals surface area contributed by atoms with Gasteiger partial charge in [0.15, 0.2) is 0 Å². The molecule has 5 atom stereocenters. The molecule has 0 aromatic carbocycles. The number of rotatable bonds is 1. The molecular formula is C8H10Cl2O2. The van der Waals surface area contributed by atoms with Gasteiger partial charge in [-0.15, -0.1) is 23.2 Å². The summed E-state index contributed by atoms with van der Waals surface area (Å²) in [5, 5.41) is 8.70. The number of alkyl halides is 2. The van der Waals surface area contributed by atoms with E-state index in [0.29, 0.717) is 5.92 Å². The molecule has 0 aromatic rings. The van der Waals surface area contributed by atoms with Gasteiger partial charge in [-0.25, -0.2) is 0 Å². The second kappa shape index (κ2) is 2.78. The lowest BCUT2D eigenvalue weighted by Crippen LogP contribution is -2.33. The second-order valence-corrected chi connectivity index (χ2v) is 4.74. The van der Waals surface area contributed by atoms with Crippen molar-refractivity contribution in [3.63, 3.8) is 0 Å². The summed E-state index contributed by atoms with van der Waals surface area (Å²) in [5.41, 5.74) is 0. The smallest absolute Gasteiger partial charge is 0.306 e. The molecule has 12 heavy (non-hydrogen) atoms. The van der Waals surface area contributed by atoms with Crippen molar-refractivity contribution in [3.05, 3.63) is 0 Å². The Morgan fingerprint density at radius 2 is 1.92 bits per heavy atom. The molecule has 68 valence electrons. The average Bonchev–Trinajstić information content (AvgIpc) is 2.53. The standard InChI is InChI=1S/C8H10Cl2O2/c9-6-3-1-4(7(6)10)5(2-3)8(11)12/h3-7H,1-2H2,(H,11,12). The third-order valence-electron chi connectivity index (χ3n) is 3.13. The lowest BCUT2D eigenvalue weighted by atomic mass is 9.88. The number of carbonyl (C=O) groups is 1. The second-order valence-electron chi connectivity index (χ2n) is 3.73. The Morgan fingerprint density at radius 1 is 1.25 bits per heavy atom. The van der Waals surface area contributed by atoms with Crippen LogP contribution >= 0.6 is 23.2 Å². The van der Waals surface area contributed by atoms with Crippen molar-refractivity contribution < 1.29 is 9.90 Å². The predicted molar refractivity (Wildman–Crippen MR) is 46.6 cm³/mol. The number of aliphatic carboxylic acids is 1. The first-order chi connectivity index (χ1) is 5.61. The van der Waals surface area contributed by atoms with Crippen LogP contribution < -0.4 is 0 Å². The van der Waals surface area contributed by atoms with Crippen LogP contribution in [0.2, 0.25) is 0 Å². The SMILES string of the molecule is O=C(O)C1CC2CC1C(Cl)C2Cl. The number of halogens is 2. The van der Waals surface area contributed by atoms with Gasteiger partial charge in [0, 0.05) is 0 Å². The first-order valence-electron chi connectivity index (χ1n) is 4.12. The van der Waals surface area contributed by atoms with Crippen molar-refractivity contribution in [1.29, 1.82) is 0 Å². The Bertz CT molecular complexity index is 217. The molecule has 5 unspecified atom stereocenters. The molecule has 2 fully saturated rings. The summed E-state index contributed by atoms with van der Waals surface area (Å²) in [7, 11) is 0. The van der Waals surface area contributed by atoms with Crippen molar-refractivity contribution in [1.82, 2.24) is 0 Å². The molecule has 2 aliphatic rings. The Labute approximate surface area is 80.8 Å². The summed E-state index contributed by atoms with van der Waals surface area (Å²) in [4.78, 5) is 10.7. The summed E-state index contributed by atoms with van der Waals surface area (Å²) in [5.74, 6) is -0.513. The fourth-order valence-corrected chi connectivity index (χ4v) is 3.38. The number of hydrogen-bond donors (Lipinski definition) is 1. The number of carboxylic acid groups (broad SMARTS) is 1. The van der Waals surface area contributed by atoms with E-state index in [4.69, 9.17) is 28.3 Å². The van der Waals surface area contributed by atoms with Gasteiger partial charge in [-0.2, -0.15) is 0 Å². The molecule has 2 saturated carbocycles. The summed E-state index contributed by atoms with van der Waals surface area (Å²) in [6, 6.07) is 0. The molecule has 0 amide bonds. The Morgan fingerprint density at radius 3 is 2.33 bits per heavy atom. The first kappa shape index (κ1) is 8.64. The molecule has 4 heteroatoms. The van der Waals surface area contributed by atoms with Crippen molar-refractivity contribution in [2.75, 3.05) is 0 Å². The maximum Gasteiger partial charge on any atom is 0.306 e. The van der Waals surface area contributed by atoms with Crippen LogP contribution in [0.1, 0.15) is 12.8 Å². The molecule has 0 aromatic heterocycles. The third kappa shape index (κ3) is 1.05. The van der Waals surface area contributed by atoms with E-state index in [2.05, 4.69) is 0 Å². The van der Waals surface area contributed by atoms with Crippen LogP contribution in [0.4, 0.5) is 0 Å². The normalized spacial score (nSPS) is 51.3. The van der Waals surface area contributed by atoms with Gasteiger partial charge in [-0.05, 0) is 24.7 Å². The Kier molecular flexibility index (Phi) is 2.00. The molecule has 2 bridgehead atoms. The van der Waals surface area contributed by atoms with Crippen molar-refractivity contribution in [3.8, 4) is 0 Å². The van der Waals surface area contributed by atoms with Gasteiger partial charge in [0.05, 0.1) is 16.7 Å². The fraction of sp³-hybridized carbons (Fsp3) is 0.875. The minimum absolute atomic E-state index is 0.00716. The van der Waals surface area contributed by atoms with E-state index in [1.54, 1.807) is 0 Å². The van der Waals surface area contributed by atoms with E-state index in [9.17, 15) is 4.79 Å². The molecule has 0 spiro atoms. The van der Waals surface area contributed by atoms with Crippen LogP contribution in [0.15, 0.2) is 0 Å². The number of carboxylic acids is 1. The van der Waals surface area contributed by atoms with Crippen LogP contribution in [0.3, 0.4) is 0 Å². The monoisotopic (exact) mass is 208 g/mol. The Hall–Kier alpha value is 0.0500. The van der Waals surface area contributed by atoms with E-state index in [-0.39, 0.29) is 22.6 Å². The zero-order valence-corrected chi connectivity index (χ0v) is 7.92. The van der Waals surface area contributed by atoms with E-state index in [1.165, 1.54) is 0 Å². The van der Waals surface area contributed by atoms with Gasteiger partial charge in [-0.1, -0.05) is 0 Å². The average molecular weight is 209 g/mol. The molecule has 2 nitrogen and oxygen atoms in total. The van der Waals surface area contributed by atoms with Crippen molar-refractivity contribution in [2.45, 2.75) is 23.6 Å². The fourth-order valence-electron chi connectivity index (χ4n) is 2.50. The van der Waals surface area contributed by atoms with Crippen LogP contribution in [0.25, 0.3) is 0 Å². The van der Waals surface area contributed by atoms with E-state index in [1.807, 2.05) is 0 Å². The molecule has 0 saturated heterocycles. The maximum absolute atomic E-state index is 10.7. The lowest BCUT2D eigenvalue weighted by molar-refractivity contribution is -0.143. The molecule has 2 aliphatic carbocycles. The highest BCUT2D eigenvalue weighted by Gasteiger charge is 2.53. The van der Waals surface area contributed by atoms with Gasteiger partial charge in [0.2, 0.25) is 0 Å². The zero-order chi connectivity index (χ0) is 8.88. The van der Waals surface area contributed by atoms with Crippen LogP contribution in [0, 0.1) is 17.8 Å². The summed E-state index contributed by atoms with van der Waals surface area (Å²) < 4.78 is 0. The minimum atomic E-state index is -0.711. The van der Waals surface area contributed by atoms with E-state index < -0.39 is 5.97 Å². The van der Waals surface area contributed by atoms with Crippen molar-refractivity contribution in [2.24, 2.45) is 17.8 Å². The first-order valence-corrected chi connectivity index (χ1v) is 4.99. The molecular weight excluding hydrogens is 199 g/mol. The van der Waals surface area contributed by atoms with E-state index in [0.717, 1.165) is 12.8 Å². The predicted octanol–water partition coefficient (Wildman–Crippen LogP) is 1.94. The summed E-state index contributed by atoms with van der Waals surface area (Å²) in [6.07, 6.45) is 1.62. The lowest BCUT2D eigenvalue weighted by Gasteiger charge is -2.25. The van der Waals surface area contributed by atoms with Gasteiger partial charge in [0.25, 0.3) is 0 Å². The highest BCUT2D eigenvalue weighted by atomic mass is 35.5. The van der Waals surface area contributed by atoms with Crippen LogP contribution in [-0.2, 0) is 4.79 Å². The highest BCUT2D eigenvalue weighted by molar-refractivity contribution is 6.30.